The smallest absolute Gasteiger partial charge is 0.126 e. The lowest BCUT2D eigenvalue weighted by molar-refractivity contribution is 0.606. The van der Waals surface area contributed by atoms with Gasteiger partial charge in [0.05, 0.1) is 0 Å². The molecule has 0 atom stereocenters. The van der Waals surface area contributed by atoms with Gasteiger partial charge in [0.25, 0.3) is 0 Å². The Morgan fingerprint density at radius 1 is 1.27 bits per heavy atom. The van der Waals surface area contributed by atoms with Gasteiger partial charge < -0.3 is 0 Å². The highest BCUT2D eigenvalue weighted by Gasteiger charge is 2.02. The molecule has 0 nitrogen and oxygen atoms in total. The van der Waals surface area contributed by atoms with Gasteiger partial charge in [-0.15, -0.1) is 0 Å². The van der Waals surface area contributed by atoms with Crippen molar-refractivity contribution in [2.45, 2.75) is 39.5 Å². The largest absolute Gasteiger partial charge is 0.207 e. The van der Waals surface area contributed by atoms with Gasteiger partial charge in [0.2, 0.25) is 0 Å². The minimum absolute atomic E-state index is 0.0505. The van der Waals surface area contributed by atoms with Crippen molar-refractivity contribution in [3.05, 3.63) is 47.3 Å². The Labute approximate surface area is 91.8 Å². The predicted octanol–water partition coefficient (Wildman–Crippen LogP) is 4.29. The van der Waals surface area contributed by atoms with E-state index in [1.165, 1.54) is 0 Å². The van der Waals surface area contributed by atoms with Crippen LogP contribution in [-0.2, 0) is 12.8 Å². The number of rotatable bonds is 5. The third-order valence-corrected chi connectivity index (χ3v) is 2.47. The summed E-state index contributed by atoms with van der Waals surface area (Å²) in [7, 11) is 0. The van der Waals surface area contributed by atoms with E-state index >= 15 is 0 Å². The van der Waals surface area contributed by atoms with E-state index < -0.39 is 0 Å². The quantitative estimate of drug-likeness (QED) is 0.630. The molecule has 1 heteroatoms. The van der Waals surface area contributed by atoms with Crippen LogP contribution in [0.5, 0.6) is 0 Å². The van der Waals surface area contributed by atoms with Gasteiger partial charge in [0.15, 0.2) is 0 Å². The first-order valence-electron chi connectivity index (χ1n) is 5.66. The molecule has 15 heavy (non-hydrogen) atoms. The van der Waals surface area contributed by atoms with Crippen molar-refractivity contribution in [1.82, 2.24) is 0 Å². The highest BCUT2D eigenvalue weighted by atomic mass is 19.1. The van der Waals surface area contributed by atoms with E-state index in [0.717, 1.165) is 36.8 Å². The molecule has 0 aliphatic heterocycles. The first-order chi connectivity index (χ1) is 7.27. The van der Waals surface area contributed by atoms with Crippen molar-refractivity contribution >= 4 is 0 Å². The van der Waals surface area contributed by atoms with E-state index in [-0.39, 0.29) is 5.82 Å². The Hall–Kier alpha value is -1.11. The van der Waals surface area contributed by atoms with Crippen molar-refractivity contribution < 1.29 is 4.39 Å². The van der Waals surface area contributed by atoms with Crippen LogP contribution in [0, 0.1) is 5.82 Å². The summed E-state index contributed by atoms with van der Waals surface area (Å²) >= 11 is 0. The maximum atomic E-state index is 13.6. The molecule has 0 bridgehead atoms. The average Bonchev–Trinajstić information content (AvgIpc) is 2.22. The van der Waals surface area contributed by atoms with E-state index in [0.29, 0.717) is 0 Å². The Balaban J connectivity index is 2.65. The first-order valence-corrected chi connectivity index (χ1v) is 5.66. The Morgan fingerprint density at radius 2 is 2.07 bits per heavy atom. The summed E-state index contributed by atoms with van der Waals surface area (Å²) < 4.78 is 13.6. The lowest BCUT2D eigenvalue weighted by atomic mass is 10.0. The average molecular weight is 206 g/mol. The van der Waals surface area contributed by atoms with Crippen LogP contribution in [0.3, 0.4) is 0 Å². The van der Waals surface area contributed by atoms with Crippen LogP contribution in [-0.4, -0.2) is 0 Å². The summed E-state index contributed by atoms with van der Waals surface area (Å²) in [6.45, 7) is 4.10. The summed E-state index contributed by atoms with van der Waals surface area (Å²) in [5.74, 6) is -0.0505. The van der Waals surface area contributed by atoms with Gasteiger partial charge in [-0.25, -0.2) is 4.39 Å². The second-order valence-electron chi connectivity index (χ2n) is 3.78. The van der Waals surface area contributed by atoms with Gasteiger partial charge in [-0.05, 0) is 43.4 Å². The third kappa shape index (κ3) is 3.86. The molecule has 0 aliphatic rings. The Morgan fingerprint density at radius 3 is 2.67 bits per heavy atom. The molecule has 1 aromatic rings. The van der Waals surface area contributed by atoms with Crippen LogP contribution in [0.15, 0.2) is 30.4 Å². The van der Waals surface area contributed by atoms with Gasteiger partial charge >= 0.3 is 0 Å². The molecule has 0 fully saturated rings. The van der Waals surface area contributed by atoms with Crippen LogP contribution < -0.4 is 0 Å². The van der Waals surface area contributed by atoms with Crippen molar-refractivity contribution in [2.24, 2.45) is 0 Å². The number of allylic oxidation sites excluding steroid dienone is 2. The molecular formula is C14H19F. The van der Waals surface area contributed by atoms with E-state index in [1.54, 1.807) is 6.07 Å². The molecular weight excluding hydrogens is 187 g/mol. The molecule has 0 amide bonds. The fourth-order valence-corrected chi connectivity index (χ4v) is 1.64. The van der Waals surface area contributed by atoms with Crippen LogP contribution in [0.4, 0.5) is 4.39 Å². The van der Waals surface area contributed by atoms with Gasteiger partial charge in [-0.3, -0.25) is 0 Å². The number of hydrogen-bond donors (Lipinski definition) is 0. The number of halogens is 1. The van der Waals surface area contributed by atoms with Gasteiger partial charge in [-0.1, -0.05) is 37.6 Å². The van der Waals surface area contributed by atoms with Crippen molar-refractivity contribution in [3.8, 4) is 0 Å². The summed E-state index contributed by atoms with van der Waals surface area (Å²) in [6.07, 6.45) is 7.81. The first kappa shape index (κ1) is 12.0. The third-order valence-electron chi connectivity index (χ3n) is 2.47. The predicted molar refractivity (Wildman–Crippen MR) is 63.5 cm³/mol. The molecule has 0 saturated heterocycles. The fourth-order valence-electron chi connectivity index (χ4n) is 1.64. The summed E-state index contributed by atoms with van der Waals surface area (Å²) in [4.78, 5) is 0. The second kappa shape index (κ2) is 6.39. The molecule has 0 aliphatic carbocycles. The van der Waals surface area contributed by atoms with E-state index in [1.807, 2.05) is 25.1 Å². The Bertz CT molecular complexity index is 326. The molecule has 0 spiro atoms. The molecule has 0 aromatic heterocycles. The summed E-state index contributed by atoms with van der Waals surface area (Å²) in [5, 5.41) is 0. The van der Waals surface area contributed by atoms with Crippen molar-refractivity contribution in [2.75, 3.05) is 0 Å². The monoisotopic (exact) mass is 206 g/mol. The maximum Gasteiger partial charge on any atom is 0.126 e. The summed E-state index contributed by atoms with van der Waals surface area (Å²) in [5.41, 5.74) is 1.93. The topological polar surface area (TPSA) is 0 Å². The lowest BCUT2D eigenvalue weighted by Gasteiger charge is -2.04. The van der Waals surface area contributed by atoms with Gasteiger partial charge in [-0.2, -0.15) is 0 Å². The lowest BCUT2D eigenvalue weighted by Crippen LogP contribution is -1.92. The number of hydrogen-bond acceptors (Lipinski definition) is 0. The van der Waals surface area contributed by atoms with Gasteiger partial charge in [0.1, 0.15) is 5.82 Å². The van der Waals surface area contributed by atoms with Crippen molar-refractivity contribution in [3.63, 3.8) is 0 Å². The second-order valence-corrected chi connectivity index (χ2v) is 3.78. The standard InChI is InChI=1S/C14H19F/c1-3-5-6-8-13-10-9-12(7-4-2)11-14(13)15/h3,5,9-11H,4,6-8H2,1-2H3. The van der Waals surface area contributed by atoms with Gasteiger partial charge in [0, 0.05) is 0 Å². The number of aryl methyl sites for hydroxylation is 2. The maximum absolute atomic E-state index is 13.6. The minimum Gasteiger partial charge on any atom is -0.207 e. The van der Waals surface area contributed by atoms with Crippen LogP contribution in [0.1, 0.15) is 37.8 Å². The summed E-state index contributed by atoms with van der Waals surface area (Å²) in [6, 6.07) is 5.63. The molecule has 0 saturated carbocycles. The highest BCUT2D eigenvalue weighted by Crippen LogP contribution is 2.13. The van der Waals surface area contributed by atoms with Crippen LogP contribution in [0.2, 0.25) is 0 Å². The molecule has 0 N–H and O–H groups in total. The van der Waals surface area contributed by atoms with Crippen LogP contribution in [0.25, 0.3) is 0 Å². The molecule has 0 heterocycles. The fraction of sp³-hybridized carbons (Fsp3) is 0.429. The SMILES string of the molecule is CC=CCCc1ccc(CCC)cc1F. The van der Waals surface area contributed by atoms with E-state index in [9.17, 15) is 4.39 Å². The van der Waals surface area contributed by atoms with E-state index in [4.69, 9.17) is 0 Å². The highest BCUT2D eigenvalue weighted by molar-refractivity contribution is 5.24. The van der Waals surface area contributed by atoms with Crippen LogP contribution >= 0.6 is 0 Å². The number of benzene rings is 1. The zero-order valence-corrected chi connectivity index (χ0v) is 9.59. The normalized spacial score (nSPS) is 11.1. The molecule has 0 unspecified atom stereocenters. The molecule has 1 rings (SSSR count). The minimum atomic E-state index is -0.0505. The van der Waals surface area contributed by atoms with Crippen molar-refractivity contribution in [1.29, 1.82) is 0 Å². The van der Waals surface area contributed by atoms with E-state index in [2.05, 4.69) is 13.0 Å². The Kier molecular flexibility index (Phi) is 5.09. The molecule has 1 aromatic carbocycles. The zero-order valence-electron chi connectivity index (χ0n) is 9.59. The zero-order chi connectivity index (χ0) is 11.1. The molecule has 82 valence electrons. The molecule has 0 radical (unpaired) electrons.